The largest absolute Gasteiger partial charge is 0.508 e. The van der Waals surface area contributed by atoms with Crippen LogP contribution in [0, 0.1) is 30.0 Å². The Morgan fingerprint density at radius 2 is 1.91 bits per heavy atom. The number of hydrogen-bond acceptors (Lipinski definition) is 8. The van der Waals surface area contributed by atoms with Crippen molar-refractivity contribution in [1.82, 2.24) is 25.2 Å². The average Bonchev–Trinajstić information content (AvgIpc) is 3.48. The molecule has 2 aromatic heterocycles. The second kappa shape index (κ2) is 9.25. The fourth-order valence-electron chi connectivity index (χ4n) is 8.68. The molecule has 1 aliphatic carbocycles. The van der Waals surface area contributed by atoms with Crippen LogP contribution in [0.5, 0.6) is 11.8 Å². The smallest absolute Gasteiger partial charge is 0.319 e. The molecule has 43 heavy (non-hydrogen) atoms. The lowest BCUT2D eigenvalue weighted by Crippen LogP contribution is -2.54. The van der Waals surface area contributed by atoms with Gasteiger partial charge in [0.1, 0.15) is 29.4 Å². The number of aromatic hydroxyl groups is 1. The van der Waals surface area contributed by atoms with Crippen LogP contribution in [0.25, 0.3) is 32.9 Å². The number of terminal acetylenes is 1. The third-order valence-electron chi connectivity index (χ3n) is 10.8. The van der Waals surface area contributed by atoms with Gasteiger partial charge in [0.15, 0.2) is 5.82 Å². The van der Waals surface area contributed by atoms with Crippen LogP contribution in [0.2, 0.25) is 0 Å². The molecule has 218 valence electrons. The van der Waals surface area contributed by atoms with Gasteiger partial charge in [-0.25, -0.2) is 4.39 Å². The molecule has 2 bridgehead atoms. The molecule has 5 fully saturated rings. The first-order valence-corrected chi connectivity index (χ1v) is 15.5. The molecule has 0 amide bonds. The minimum atomic E-state index is -0.577. The van der Waals surface area contributed by atoms with E-state index < -0.39 is 5.82 Å². The number of phenolic OH excluding ortho intramolecular Hbond substituents is 1. The molecule has 5 aliphatic rings. The van der Waals surface area contributed by atoms with E-state index in [-0.39, 0.29) is 28.5 Å². The Hall–Kier alpha value is -4.00. The van der Waals surface area contributed by atoms with E-state index >= 15 is 4.39 Å². The third kappa shape index (κ3) is 3.86. The highest BCUT2D eigenvalue weighted by molar-refractivity contribution is 6.02. The highest BCUT2D eigenvalue weighted by Gasteiger charge is 2.57. The summed E-state index contributed by atoms with van der Waals surface area (Å²) in [5.41, 5.74) is 1.31. The second-order valence-corrected chi connectivity index (χ2v) is 13.1. The first-order chi connectivity index (χ1) is 21.0. The molecule has 6 heterocycles. The fraction of sp³-hybridized carbons (Fsp3) is 0.441. The van der Waals surface area contributed by atoms with Crippen molar-refractivity contribution in [3.63, 3.8) is 0 Å². The topological polar surface area (TPSA) is 86.6 Å². The summed E-state index contributed by atoms with van der Waals surface area (Å²) in [7, 11) is 0. The van der Waals surface area contributed by atoms with Crippen LogP contribution in [-0.4, -0.2) is 75.4 Å². The summed E-state index contributed by atoms with van der Waals surface area (Å²) in [6.07, 6.45) is 13.3. The van der Waals surface area contributed by atoms with Crippen molar-refractivity contribution in [2.75, 3.05) is 37.7 Å². The summed E-state index contributed by atoms with van der Waals surface area (Å²) in [4.78, 5) is 19.1. The number of anilines is 1. The van der Waals surface area contributed by atoms with Gasteiger partial charge in [0.05, 0.1) is 10.9 Å². The molecule has 1 saturated carbocycles. The SMILES string of the molecule is C#Cc1cccc2cc(O)cc(-c3ncc4c(N5C[C@@H]6N[C@H](C5)[C@@H]5C[C@@H]56)nc(OCC56CCCN5CCC6)nc4c3F)c12. The molecule has 8 nitrogen and oxygen atoms in total. The van der Waals surface area contributed by atoms with Crippen molar-refractivity contribution in [2.24, 2.45) is 11.8 Å². The Labute approximate surface area is 249 Å². The number of pyridine rings is 1. The zero-order chi connectivity index (χ0) is 28.9. The van der Waals surface area contributed by atoms with E-state index in [1.807, 2.05) is 18.2 Å². The summed E-state index contributed by atoms with van der Waals surface area (Å²) < 4.78 is 23.2. The number of hydrogen-bond donors (Lipinski definition) is 2. The molecule has 2 aromatic carbocycles. The monoisotopic (exact) mass is 576 g/mol. The lowest BCUT2D eigenvalue weighted by Gasteiger charge is -2.36. The number of fused-ring (bicyclic) bond motifs is 8. The Morgan fingerprint density at radius 3 is 2.67 bits per heavy atom. The number of rotatable bonds is 5. The number of nitrogens with one attached hydrogen (secondary N) is 1. The number of aromatic nitrogens is 3. The van der Waals surface area contributed by atoms with Crippen LogP contribution in [0.15, 0.2) is 36.5 Å². The molecule has 4 aromatic rings. The maximum absolute atomic E-state index is 16.8. The van der Waals surface area contributed by atoms with E-state index in [2.05, 4.69) is 26.0 Å². The van der Waals surface area contributed by atoms with Gasteiger partial charge >= 0.3 is 6.01 Å². The van der Waals surface area contributed by atoms with E-state index in [1.54, 1.807) is 12.3 Å². The number of ether oxygens (including phenoxy) is 1. The molecule has 4 saturated heterocycles. The normalized spacial score (nSPS) is 26.9. The van der Waals surface area contributed by atoms with Gasteiger partial charge in [0, 0.05) is 47.9 Å². The van der Waals surface area contributed by atoms with Crippen LogP contribution in [-0.2, 0) is 0 Å². The van der Waals surface area contributed by atoms with Crippen LogP contribution in [0.3, 0.4) is 0 Å². The summed E-state index contributed by atoms with van der Waals surface area (Å²) in [5, 5.41) is 16.3. The van der Waals surface area contributed by atoms with Crippen molar-refractivity contribution in [1.29, 1.82) is 0 Å². The van der Waals surface area contributed by atoms with Crippen LogP contribution in [0.1, 0.15) is 37.7 Å². The van der Waals surface area contributed by atoms with Crippen LogP contribution < -0.4 is 15.0 Å². The van der Waals surface area contributed by atoms with Gasteiger partial charge in [-0.1, -0.05) is 18.1 Å². The molecule has 9 rings (SSSR count). The van der Waals surface area contributed by atoms with E-state index in [9.17, 15) is 5.11 Å². The maximum Gasteiger partial charge on any atom is 0.319 e. The zero-order valence-electron chi connectivity index (χ0n) is 23.9. The van der Waals surface area contributed by atoms with E-state index in [4.69, 9.17) is 21.1 Å². The predicted molar refractivity (Wildman–Crippen MR) is 163 cm³/mol. The number of benzene rings is 2. The van der Waals surface area contributed by atoms with Crippen molar-refractivity contribution in [2.45, 2.75) is 49.7 Å². The number of piperidine rings is 1. The van der Waals surface area contributed by atoms with E-state index in [1.165, 1.54) is 25.3 Å². The van der Waals surface area contributed by atoms with Gasteiger partial charge in [-0.15, -0.1) is 6.42 Å². The van der Waals surface area contributed by atoms with Crippen molar-refractivity contribution in [3.05, 3.63) is 47.9 Å². The van der Waals surface area contributed by atoms with Crippen molar-refractivity contribution in [3.8, 4) is 35.4 Å². The lowest BCUT2D eigenvalue weighted by molar-refractivity contribution is 0.108. The maximum atomic E-state index is 16.8. The van der Waals surface area contributed by atoms with E-state index in [0.717, 1.165) is 50.9 Å². The average molecular weight is 577 g/mol. The highest BCUT2D eigenvalue weighted by Crippen LogP contribution is 2.51. The summed E-state index contributed by atoms with van der Waals surface area (Å²) in [6.45, 7) is 4.32. The highest BCUT2D eigenvalue weighted by atomic mass is 19.1. The molecule has 0 unspecified atom stereocenters. The van der Waals surface area contributed by atoms with E-state index in [0.29, 0.717) is 51.8 Å². The number of halogens is 1. The fourth-order valence-corrected chi connectivity index (χ4v) is 8.68. The first-order valence-electron chi connectivity index (χ1n) is 15.5. The molecule has 2 N–H and O–H groups in total. The molecule has 0 spiro atoms. The zero-order valence-corrected chi connectivity index (χ0v) is 23.9. The third-order valence-corrected chi connectivity index (χ3v) is 10.8. The number of phenols is 1. The van der Waals surface area contributed by atoms with Gasteiger partial charge in [-0.3, -0.25) is 9.88 Å². The molecule has 4 atom stereocenters. The van der Waals surface area contributed by atoms with Crippen LogP contribution in [0.4, 0.5) is 10.2 Å². The Balaban J connectivity index is 1.18. The minimum Gasteiger partial charge on any atom is -0.508 e. The molecular weight excluding hydrogens is 543 g/mol. The van der Waals surface area contributed by atoms with Crippen molar-refractivity contribution < 1.29 is 14.2 Å². The van der Waals surface area contributed by atoms with Gasteiger partial charge in [0.25, 0.3) is 0 Å². The first kappa shape index (κ1) is 25.5. The Morgan fingerprint density at radius 1 is 1.12 bits per heavy atom. The Bertz CT molecular complexity index is 1830. The Kier molecular flexibility index (Phi) is 5.48. The van der Waals surface area contributed by atoms with Gasteiger partial charge in [0.2, 0.25) is 0 Å². The molecule has 9 heteroatoms. The predicted octanol–water partition coefficient (Wildman–Crippen LogP) is 4.47. The number of piperazine rings is 1. The number of nitrogens with zero attached hydrogens (tertiary/aromatic N) is 5. The van der Waals surface area contributed by atoms with Gasteiger partial charge in [-0.05, 0) is 80.6 Å². The summed E-state index contributed by atoms with van der Waals surface area (Å²) in [5.74, 6) is 4.26. The quantitative estimate of drug-likeness (QED) is 0.337. The summed E-state index contributed by atoms with van der Waals surface area (Å²) in [6, 6.07) is 9.67. The van der Waals surface area contributed by atoms with Gasteiger partial charge < -0.3 is 20.1 Å². The minimum absolute atomic E-state index is 0.0113. The van der Waals surface area contributed by atoms with Crippen LogP contribution >= 0.6 is 0 Å². The standard InChI is InChI=1S/C34H33FN6O2/c1-2-19-6-3-7-20-12-21(42)13-24(28(19)20)30-29(35)31-25(15-36-30)32(40-16-26-22-14-23(22)27(17-40)37-26)39-33(38-31)43-18-34-8-4-10-41(34)11-5-9-34/h1,3,6-7,12-13,15,22-23,26-27,37,42H,4-5,8-11,14,16-18H2/t22-,23+,26-,27+. The molecule has 0 radical (unpaired) electrons. The molecular formula is C34H33FN6O2. The van der Waals surface area contributed by atoms with Crippen molar-refractivity contribution >= 4 is 27.5 Å². The second-order valence-electron chi connectivity index (χ2n) is 13.1. The van der Waals surface area contributed by atoms with Gasteiger partial charge in [-0.2, -0.15) is 9.97 Å². The molecule has 4 aliphatic heterocycles. The lowest BCUT2D eigenvalue weighted by atomic mass is 9.95. The summed E-state index contributed by atoms with van der Waals surface area (Å²) >= 11 is 0.